The van der Waals surface area contributed by atoms with E-state index >= 15 is 0 Å². The predicted molar refractivity (Wildman–Crippen MR) is 105 cm³/mol. The van der Waals surface area contributed by atoms with E-state index in [1.54, 1.807) is 12.1 Å². The van der Waals surface area contributed by atoms with Crippen LogP contribution in [0, 0.1) is 6.92 Å². The molecule has 1 aliphatic rings. The number of aryl methyl sites for hydroxylation is 1. The van der Waals surface area contributed by atoms with Crippen molar-refractivity contribution in [2.24, 2.45) is 0 Å². The fraction of sp³-hybridized carbons (Fsp3) is 0.474. The van der Waals surface area contributed by atoms with Crippen LogP contribution in [0.25, 0.3) is 5.69 Å². The summed E-state index contributed by atoms with van der Waals surface area (Å²) in [6.45, 7) is 3.39. The molecule has 1 aromatic carbocycles. The van der Waals surface area contributed by atoms with E-state index in [0.29, 0.717) is 19.6 Å². The minimum absolute atomic E-state index is 0.00247. The van der Waals surface area contributed by atoms with Crippen LogP contribution >= 0.6 is 0 Å². The van der Waals surface area contributed by atoms with Crippen LogP contribution < -0.4 is 0 Å². The third-order valence-electron chi connectivity index (χ3n) is 4.98. The molecule has 0 saturated carbocycles. The molecule has 2 aromatic rings. The van der Waals surface area contributed by atoms with Gasteiger partial charge < -0.3 is 4.90 Å². The van der Waals surface area contributed by atoms with E-state index in [4.69, 9.17) is 0 Å². The van der Waals surface area contributed by atoms with Gasteiger partial charge in [-0.2, -0.15) is 18.3 Å². The molecule has 30 heavy (non-hydrogen) atoms. The lowest BCUT2D eigenvalue weighted by atomic mass is 10.1. The molecule has 0 N–H and O–H groups in total. The number of halogens is 3. The fourth-order valence-electron chi connectivity index (χ4n) is 3.30. The smallest absolute Gasteiger partial charge is 0.336 e. The van der Waals surface area contributed by atoms with Crippen LogP contribution in [-0.2, 0) is 16.0 Å². The number of piperazine rings is 1. The molecule has 0 bridgehead atoms. The highest BCUT2D eigenvalue weighted by molar-refractivity contribution is 7.90. The molecule has 0 spiro atoms. The minimum atomic E-state index is -4.76. The summed E-state index contributed by atoms with van der Waals surface area (Å²) in [5, 5.41) is 3.84. The molecule has 11 heteroatoms. The second kappa shape index (κ2) is 8.38. The number of carbonyl (C=O) groups excluding carboxylic acids is 1. The molecule has 2 heterocycles. The largest absolute Gasteiger partial charge is 0.434 e. The molecule has 0 aliphatic carbocycles. The van der Waals surface area contributed by atoms with Crippen molar-refractivity contribution in [3.8, 4) is 5.69 Å². The average molecular weight is 444 g/mol. The van der Waals surface area contributed by atoms with E-state index in [1.807, 2.05) is 11.8 Å². The summed E-state index contributed by atoms with van der Waals surface area (Å²) in [6.07, 6.45) is -2.65. The Hall–Kier alpha value is -2.40. The molecule has 164 valence electrons. The fourth-order valence-corrected chi connectivity index (χ4v) is 3.89. The van der Waals surface area contributed by atoms with Gasteiger partial charge in [0.1, 0.15) is 9.84 Å². The molecular weight excluding hydrogens is 421 g/mol. The topological polar surface area (TPSA) is 75.5 Å². The van der Waals surface area contributed by atoms with E-state index in [0.717, 1.165) is 22.7 Å². The predicted octanol–water partition coefficient (Wildman–Crippen LogP) is 2.00. The number of hydrogen-bond donors (Lipinski definition) is 0. The zero-order valence-electron chi connectivity index (χ0n) is 16.7. The first kappa shape index (κ1) is 22.3. The van der Waals surface area contributed by atoms with Gasteiger partial charge in [0.2, 0.25) is 0 Å². The summed E-state index contributed by atoms with van der Waals surface area (Å²) >= 11 is 0. The zero-order valence-corrected chi connectivity index (χ0v) is 17.5. The molecule has 1 saturated heterocycles. The third-order valence-corrected chi connectivity index (χ3v) is 5.91. The second-order valence-corrected chi connectivity index (χ2v) is 9.68. The molecule has 3 rings (SSSR count). The van der Waals surface area contributed by atoms with Crippen molar-refractivity contribution in [3.05, 3.63) is 47.3 Å². The molecule has 0 atom stereocenters. The Labute approximate surface area is 173 Å². The molecule has 0 unspecified atom stereocenters. The average Bonchev–Trinajstić information content (AvgIpc) is 3.12. The van der Waals surface area contributed by atoms with Crippen LogP contribution in [-0.4, -0.2) is 78.6 Å². The van der Waals surface area contributed by atoms with Gasteiger partial charge in [-0.3, -0.25) is 9.69 Å². The van der Waals surface area contributed by atoms with Gasteiger partial charge in [-0.15, -0.1) is 0 Å². The third kappa shape index (κ3) is 5.20. The molecule has 0 radical (unpaired) electrons. The summed E-state index contributed by atoms with van der Waals surface area (Å²) in [5.74, 6) is -0.730. The Bertz CT molecular complexity index is 1010. The van der Waals surface area contributed by atoms with Crippen molar-refractivity contribution in [2.75, 3.05) is 44.7 Å². The van der Waals surface area contributed by atoms with E-state index in [9.17, 15) is 26.4 Å². The van der Waals surface area contributed by atoms with E-state index in [1.165, 1.54) is 17.0 Å². The maximum absolute atomic E-state index is 13.8. The van der Waals surface area contributed by atoms with Crippen LogP contribution in [0.2, 0.25) is 0 Å². The van der Waals surface area contributed by atoms with Gasteiger partial charge in [0.15, 0.2) is 5.69 Å². The van der Waals surface area contributed by atoms with Crippen molar-refractivity contribution in [3.63, 3.8) is 0 Å². The number of benzene rings is 1. The summed E-state index contributed by atoms with van der Waals surface area (Å²) in [6, 6.07) is 6.39. The van der Waals surface area contributed by atoms with Crippen LogP contribution in [0.15, 0.2) is 30.5 Å². The van der Waals surface area contributed by atoms with Gasteiger partial charge in [-0.1, -0.05) is 17.7 Å². The van der Waals surface area contributed by atoms with Gasteiger partial charge in [0, 0.05) is 39.0 Å². The van der Waals surface area contributed by atoms with Crippen LogP contribution in [0.3, 0.4) is 0 Å². The first-order valence-electron chi connectivity index (χ1n) is 9.37. The molecule has 1 aliphatic heterocycles. The number of aromatic nitrogens is 2. The standard InChI is InChI=1S/C19H23F3N4O3S/c1-14-3-5-15(6-4-14)26-17(19(20,21)22)16(13-23-26)18(27)25-9-7-24(8-10-25)11-12-30(2,28)29/h3-6,13H,7-12H2,1-2H3. The van der Waals surface area contributed by atoms with Crippen molar-refractivity contribution in [1.82, 2.24) is 19.6 Å². The number of amides is 1. The lowest BCUT2D eigenvalue weighted by molar-refractivity contribution is -0.143. The Morgan fingerprint density at radius 1 is 1.10 bits per heavy atom. The summed E-state index contributed by atoms with van der Waals surface area (Å²) in [4.78, 5) is 16.1. The van der Waals surface area contributed by atoms with Crippen LogP contribution in [0.1, 0.15) is 21.6 Å². The molecule has 1 amide bonds. The highest BCUT2D eigenvalue weighted by Crippen LogP contribution is 2.34. The number of rotatable bonds is 5. The Kier molecular flexibility index (Phi) is 6.23. The van der Waals surface area contributed by atoms with Crippen LogP contribution in [0.5, 0.6) is 0 Å². The molecule has 1 fully saturated rings. The maximum Gasteiger partial charge on any atom is 0.434 e. The SMILES string of the molecule is Cc1ccc(-n2ncc(C(=O)N3CCN(CCS(C)(=O)=O)CC3)c2C(F)(F)F)cc1. The summed E-state index contributed by atoms with van der Waals surface area (Å²) < 4.78 is 64.8. The number of alkyl halides is 3. The molecular formula is C19H23F3N4O3S. The Balaban J connectivity index is 1.79. The number of nitrogens with zero attached hydrogens (tertiary/aromatic N) is 4. The number of carbonyl (C=O) groups is 1. The van der Waals surface area contributed by atoms with Crippen LogP contribution in [0.4, 0.5) is 13.2 Å². The zero-order chi connectivity index (χ0) is 22.1. The maximum atomic E-state index is 13.8. The van der Waals surface area contributed by atoms with E-state index < -0.39 is 33.2 Å². The highest BCUT2D eigenvalue weighted by Gasteiger charge is 2.41. The molecule has 1 aromatic heterocycles. The Morgan fingerprint density at radius 3 is 2.23 bits per heavy atom. The van der Waals surface area contributed by atoms with Gasteiger partial charge in [-0.05, 0) is 19.1 Å². The lowest BCUT2D eigenvalue weighted by Gasteiger charge is -2.34. The highest BCUT2D eigenvalue weighted by atomic mass is 32.2. The van der Waals surface area contributed by atoms with E-state index in [-0.39, 0.29) is 24.5 Å². The van der Waals surface area contributed by atoms with Crippen molar-refractivity contribution in [1.29, 1.82) is 0 Å². The van der Waals surface area contributed by atoms with Gasteiger partial charge >= 0.3 is 6.18 Å². The van der Waals surface area contributed by atoms with Gasteiger partial charge in [-0.25, -0.2) is 13.1 Å². The summed E-state index contributed by atoms with van der Waals surface area (Å²) in [5.41, 5.74) is -0.481. The monoisotopic (exact) mass is 444 g/mol. The van der Waals surface area contributed by atoms with Crippen molar-refractivity contribution < 1.29 is 26.4 Å². The summed E-state index contributed by atoms with van der Waals surface area (Å²) in [7, 11) is -3.10. The number of sulfone groups is 1. The molecule has 7 nitrogen and oxygen atoms in total. The van der Waals surface area contributed by atoms with Crippen molar-refractivity contribution in [2.45, 2.75) is 13.1 Å². The van der Waals surface area contributed by atoms with Gasteiger partial charge in [0.05, 0.1) is 23.2 Å². The second-order valence-electron chi connectivity index (χ2n) is 7.42. The Morgan fingerprint density at radius 2 is 1.70 bits per heavy atom. The minimum Gasteiger partial charge on any atom is -0.336 e. The van der Waals surface area contributed by atoms with E-state index in [2.05, 4.69) is 5.10 Å². The normalized spacial score (nSPS) is 16.1. The van der Waals surface area contributed by atoms with Gasteiger partial charge in [0.25, 0.3) is 5.91 Å². The lowest BCUT2D eigenvalue weighted by Crippen LogP contribution is -2.49. The quantitative estimate of drug-likeness (QED) is 0.705. The van der Waals surface area contributed by atoms with Crippen molar-refractivity contribution >= 4 is 15.7 Å². The number of hydrogen-bond acceptors (Lipinski definition) is 5. The first-order valence-corrected chi connectivity index (χ1v) is 11.4. The first-order chi connectivity index (χ1) is 14.0.